The Hall–Kier alpha value is -1.05. The fraction of sp³-hybridized carbons (Fsp3) is 0.462. The van der Waals surface area contributed by atoms with E-state index in [1.54, 1.807) is 0 Å². The van der Waals surface area contributed by atoms with Gasteiger partial charge in [-0.3, -0.25) is 0 Å². The van der Waals surface area contributed by atoms with E-state index in [1.807, 2.05) is 6.07 Å². The summed E-state index contributed by atoms with van der Waals surface area (Å²) in [6, 6.07) is 8.43. The predicted molar refractivity (Wildman–Crippen MR) is 73.5 cm³/mol. The zero-order valence-corrected chi connectivity index (χ0v) is 11.6. The molecule has 1 aliphatic heterocycles. The molecule has 0 atom stereocenters. The second-order valence-corrected chi connectivity index (χ2v) is 4.95. The molecule has 17 heavy (non-hydrogen) atoms. The van der Waals surface area contributed by atoms with Gasteiger partial charge in [0.05, 0.1) is 11.3 Å². The number of hydrogen-bond acceptors (Lipinski definition) is 3. The number of benzene rings is 1. The molecule has 3 nitrogen and oxygen atoms in total. The molecule has 0 bridgehead atoms. The van der Waals surface area contributed by atoms with Crippen LogP contribution in [0.2, 0.25) is 0 Å². The van der Waals surface area contributed by atoms with Crippen molar-refractivity contribution in [3.8, 4) is 6.07 Å². The second-order valence-electron chi connectivity index (χ2n) is 4.39. The van der Waals surface area contributed by atoms with Gasteiger partial charge in [0.15, 0.2) is 0 Å². The molecule has 1 fully saturated rings. The Balaban J connectivity index is 2.23. The normalized spacial score (nSPS) is 16.9. The number of anilines is 1. The maximum absolute atomic E-state index is 9.22. The molecule has 1 heterocycles. The Kier molecular flexibility index (Phi) is 4.03. The van der Waals surface area contributed by atoms with Gasteiger partial charge in [0, 0.05) is 31.5 Å². The summed E-state index contributed by atoms with van der Waals surface area (Å²) in [7, 11) is 2.14. The van der Waals surface area contributed by atoms with Crippen LogP contribution in [0.5, 0.6) is 0 Å². The highest BCUT2D eigenvalue weighted by molar-refractivity contribution is 9.08. The van der Waals surface area contributed by atoms with Gasteiger partial charge >= 0.3 is 0 Å². The molecule has 0 aliphatic carbocycles. The van der Waals surface area contributed by atoms with Crippen molar-refractivity contribution < 1.29 is 0 Å². The summed E-state index contributed by atoms with van der Waals surface area (Å²) in [5.41, 5.74) is 3.01. The lowest BCUT2D eigenvalue weighted by Crippen LogP contribution is -2.44. The highest BCUT2D eigenvalue weighted by Gasteiger charge is 2.16. The first-order valence-electron chi connectivity index (χ1n) is 5.77. The minimum atomic E-state index is 0.784. The van der Waals surface area contributed by atoms with Crippen LogP contribution in [0.1, 0.15) is 11.1 Å². The van der Waals surface area contributed by atoms with Crippen molar-refractivity contribution in [1.82, 2.24) is 4.90 Å². The molecule has 0 spiro atoms. The predicted octanol–water partition coefficient (Wildman–Crippen LogP) is 2.20. The molecule has 0 aromatic heterocycles. The highest BCUT2D eigenvalue weighted by atomic mass is 79.9. The van der Waals surface area contributed by atoms with Gasteiger partial charge in [0.25, 0.3) is 0 Å². The van der Waals surface area contributed by atoms with Gasteiger partial charge < -0.3 is 9.80 Å². The fourth-order valence-electron chi connectivity index (χ4n) is 2.08. The maximum atomic E-state index is 9.22. The van der Waals surface area contributed by atoms with Crippen molar-refractivity contribution in [2.45, 2.75) is 5.33 Å². The molecule has 1 aliphatic rings. The lowest BCUT2D eigenvalue weighted by molar-refractivity contribution is 0.313. The third-order valence-corrected chi connectivity index (χ3v) is 3.83. The summed E-state index contributed by atoms with van der Waals surface area (Å²) in [5.74, 6) is 0. The third kappa shape index (κ3) is 2.80. The molecule has 0 saturated carbocycles. The Morgan fingerprint density at radius 3 is 2.59 bits per heavy atom. The fourth-order valence-corrected chi connectivity index (χ4v) is 2.43. The maximum Gasteiger partial charge on any atom is 0.101 e. The van der Waals surface area contributed by atoms with Crippen LogP contribution >= 0.6 is 15.9 Å². The van der Waals surface area contributed by atoms with E-state index in [4.69, 9.17) is 0 Å². The molecular weight excluding hydrogens is 278 g/mol. The zero-order valence-electron chi connectivity index (χ0n) is 9.99. The first-order valence-corrected chi connectivity index (χ1v) is 6.89. The molecule has 0 unspecified atom stereocenters. The summed E-state index contributed by atoms with van der Waals surface area (Å²) in [4.78, 5) is 4.62. The van der Waals surface area contributed by atoms with E-state index in [-0.39, 0.29) is 0 Å². The zero-order chi connectivity index (χ0) is 12.3. The SMILES string of the molecule is CN1CCN(c2ccc(CBr)cc2C#N)CC1. The smallest absolute Gasteiger partial charge is 0.101 e. The standard InChI is InChI=1S/C13H16BrN3/c1-16-4-6-17(7-5-16)13-3-2-11(9-14)8-12(13)10-15/h2-3,8H,4-7,9H2,1H3. The molecule has 0 amide bonds. The molecule has 4 heteroatoms. The average molecular weight is 294 g/mol. The van der Waals surface area contributed by atoms with E-state index < -0.39 is 0 Å². The lowest BCUT2D eigenvalue weighted by atomic mass is 10.1. The molecule has 0 N–H and O–H groups in total. The monoisotopic (exact) mass is 293 g/mol. The van der Waals surface area contributed by atoms with E-state index >= 15 is 0 Å². The first-order chi connectivity index (χ1) is 8.24. The summed E-state index contributed by atoms with van der Waals surface area (Å²) >= 11 is 3.42. The Morgan fingerprint density at radius 1 is 1.29 bits per heavy atom. The Labute approximate surface area is 111 Å². The lowest BCUT2D eigenvalue weighted by Gasteiger charge is -2.34. The number of hydrogen-bond donors (Lipinski definition) is 0. The molecular formula is C13H16BrN3. The van der Waals surface area contributed by atoms with E-state index in [9.17, 15) is 5.26 Å². The van der Waals surface area contributed by atoms with Crippen molar-refractivity contribution in [3.63, 3.8) is 0 Å². The van der Waals surface area contributed by atoms with Gasteiger partial charge in [-0.25, -0.2) is 0 Å². The van der Waals surface area contributed by atoms with E-state index in [0.29, 0.717) is 0 Å². The van der Waals surface area contributed by atoms with Crippen LogP contribution in [-0.4, -0.2) is 38.1 Å². The molecule has 1 aromatic carbocycles. The minimum absolute atomic E-state index is 0.784. The number of rotatable bonds is 2. The number of alkyl halides is 1. The molecule has 2 rings (SSSR count). The van der Waals surface area contributed by atoms with Crippen LogP contribution < -0.4 is 4.90 Å². The van der Waals surface area contributed by atoms with Gasteiger partial charge in [-0.2, -0.15) is 5.26 Å². The summed E-state index contributed by atoms with van der Waals surface area (Å²) in [6.45, 7) is 4.12. The number of likely N-dealkylation sites (N-methyl/N-ethyl adjacent to an activating group) is 1. The minimum Gasteiger partial charge on any atom is -0.368 e. The van der Waals surface area contributed by atoms with Crippen LogP contribution in [0.4, 0.5) is 5.69 Å². The number of halogens is 1. The topological polar surface area (TPSA) is 30.3 Å². The van der Waals surface area contributed by atoms with Crippen molar-refractivity contribution >= 4 is 21.6 Å². The molecule has 1 saturated heterocycles. The van der Waals surface area contributed by atoms with Crippen molar-refractivity contribution in [2.24, 2.45) is 0 Å². The number of nitrogens with zero attached hydrogens (tertiary/aromatic N) is 3. The Bertz CT molecular complexity index is 431. The van der Waals surface area contributed by atoms with Crippen LogP contribution in [0.15, 0.2) is 18.2 Å². The van der Waals surface area contributed by atoms with Crippen molar-refractivity contribution in [1.29, 1.82) is 5.26 Å². The van der Waals surface area contributed by atoms with E-state index in [2.05, 4.69) is 51.0 Å². The Morgan fingerprint density at radius 2 is 2.00 bits per heavy atom. The summed E-state index contributed by atoms with van der Waals surface area (Å²) in [5, 5.41) is 10.0. The van der Waals surface area contributed by atoms with Gasteiger partial charge in [-0.05, 0) is 24.7 Å². The van der Waals surface area contributed by atoms with Gasteiger partial charge in [0.2, 0.25) is 0 Å². The van der Waals surface area contributed by atoms with Gasteiger partial charge in [-0.15, -0.1) is 0 Å². The average Bonchev–Trinajstić information content (AvgIpc) is 2.39. The molecule has 0 radical (unpaired) electrons. The highest BCUT2D eigenvalue weighted by Crippen LogP contribution is 2.23. The van der Waals surface area contributed by atoms with Crippen molar-refractivity contribution in [2.75, 3.05) is 38.1 Å². The van der Waals surface area contributed by atoms with Crippen LogP contribution in [-0.2, 0) is 5.33 Å². The number of piperazine rings is 1. The van der Waals surface area contributed by atoms with E-state index in [1.165, 1.54) is 0 Å². The molecule has 1 aromatic rings. The summed E-state index contributed by atoms with van der Waals surface area (Å²) < 4.78 is 0. The van der Waals surface area contributed by atoms with Crippen molar-refractivity contribution in [3.05, 3.63) is 29.3 Å². The first kappa shape index (κ1) is 12.4. The van der Waals surface area contributed by atoms with Gasteiger partial charge in [0.1, 0.15) is 6.07 Å². The quantitative estimate of drug-likeness (QED) is 0.783. The number of nitriles is 1. The molecule has 90 valence electrons. The summed E-state index contributed by atoms with van der Waals surface area (Å²) in [6.07, 6.45) is 0. The van der Waals surface area contributed by atoms with Crippen LogP contribution in [0, 0.1) is 11.3 Å². The van der Waals surface area contributed by atoms with Gasteiger partial charge in [-0.1, -0.05) is 22.0 Å². The van der Waals surface area contributed by atoms with E-state index in [0.717, 1.165) is 48.3 Å². The van der Waals surface area contributed by atoms with Crippen LogP contribution in [0.3, 0.4) is 0 Å². The van der Waals surface area contributed by atoms with Crippen LogP contribution in [0.25, 0.3) is 0 Å². The second kappa shape index (κ2) is 5.52. The largest absolute Gasteiger partial charge is 0.368 e. The third-order valence-electron chi connectivity index (χ3n) is 3.18.